The first-order valence-electron chi connectivity index (χ1n) is 5.76. The fourth-order valence-corrected chi connectivity index (χ4v) is 2.34. The predicted molar refractivity (Wildman–Crippen MR) is 57.9 cm³/mol. The largest absolute Gasteiger partial charge is 0.430 e. The molecule has 0 aliphatic heterocycles. The van der Waals surface area contributed by atoms with E-state index in [1.54, 1.807) is 0 Å². The zero-order valence-corrected chi connectivity index (χ0v) is 9.45. The van der Waals surface area contributed by atoms with Gasteiger partial charge in [-0.3, -0.25) is 0 Å². The van der Waals surface area contributed by atoms with E-state index in [9.17, 15) is 4.79 Å². The Labute approximate surface area is 90.7 Å². The van der Waals surface area contributed by atoms with Gasteiger partial charge in [0.15, 0.2) is 0 Å². The Morgan fingerprint density at radius 2 is 2.20 bits per heavy atom. The molecule has 2 atom stereocenters. The molecule has 3 nitrogen and oxygen atoms in total. The van der Waals surface area contributed by atoms with E-state index in [2.05, 4.69) is 0 Å². The van der Waals surface area contributed by atoms with Crippen LogP contribution in [0.3, 0.4) is 0 Å². The van der Waals surface area contributed by atoms with Crippen LogP contribution in [0.2, 0.25) is 0 Å². The first kappa shape index (κ1) is 10.7. The van der Waals surface area contributed by atoms with Crippen LogP contribution in [0.4, 0.5) is 0 Å². The van der Waals surface area contributed by atoms with Crippen molar-refractivity contribution in [3.8, 4) is 0 Å². The van der Waals surface area contributed by atoms with Crippen LogP contribution in [0.1, 0.15) is 39.5 Å². The SMILES string of the molecule is CC(C)[C@H](N)C(=O)OC1=C2CCC(C2)C1. The fraction of sp³-hybridized carbons (Fsp3) is 0.750. The van der Waals surface area contributed by atoms with Crippen LogP contribution in [0.15, 0.2) is 11.3 Å². The Morgan fingerprint density at radius 1 is 1.47 bits per heavy atom. The third kappa shape index (κ3) is 2.07. The smallest absolute Gasteiger partial charge is 0.328 e. The summed E-state index contributed by atoms with van der Waals surface area (Å²) < 4.78 is 5.38. The average molecular weight is 209 g/mol. The summed E-state index contributed by atoms with van der Waals surface area (Å²) >= 11 is 0. The number of carbonyl (C=O) groups excluding carboxylic acids is 1. The highest BCUT2D eigenvalue weighted by molar-refractivity contribution is 5.77. The molecule has 2 aliphatic rings. The lowest BCUT2D eigenvalue weighted by atomic mass is 10.0. The first-order valence-corrected chi connectivity index (χ1v) is 5.76. The van der Waals surface area contributed by atoms with Gasteiger partial charge in [0.2, 0.25) is 0 Å². The monoisotopic (exact) mass is 209 g/mol. The molecule has 2 N–H and O–H groups in total. The molecule has 0 aromatic heterocycles. The topological polar surface area (TPSA) is 52.3 Å². The van der Waals surface area contributed by atoms with Gasteiger partial charge in [-0.15, -0.1) is 0 Å². The van der Waals surface area contributed by atoms with Crippen molar-refractivity contribution in [2.75, 3.05) is 0 Å². The molecule has 0 radical (unpaired) electrons. The normalized spacial score (nSPS) is 26.3. The number of allylic oxidation sites excluding steroid dienone is 2. The summed E-state index contributed by atoms with van der Waals surface area (Å²) in [5.41, 5.74) is 7.09. The Balaban J connectivity index is 1.95. The predicted octanol–water partition coefficient (Wildman–Crippen LogP) is 1.97. The van der Waals surface area contributed by atoms with Crippen molar-refractivity contribution in [1.82, 2.24) is 0 Å². The summed E-state index contributed by atoms with van der Waals surface area (Å²) in [6.07, 6.45) is 4.47. The number of hydrogen-bond acceptors (Lipinski definition) is 3. The minimum atomic E-state index is -0.489. The molecule has 1 saturated carbocycles. The van der Waals surface area contributed by atoms with E-state index >= 15 is 0 Å². The molecule has 1 unspecified atom stereocenters. The lowest BCUT2D eigenvalue weighted by Crippen LogP contribution is -2.36. The van der Waals surface area contributed by atoms with E-state index < -0.39 is 6.04 Å². The van der Waals surface area contributed by atoms with Gasteiger partial charge in [-0.1, -0.05) is 13.8 Å². The molecule has 0 spiro atoms. The van der Waals surface area contributed by atoms with Crippen molar-refractivity contribution in [3.63, 3.8) is 0 Å². The minimum Gasteiger partial charge on any atom is -0.430 e. The molecule has 0 aromatic carbocycles. The molecular formula is C12H19NO2. The highest BCUT2D eigenvalue weighted by Crippen LogP contribution is 2.44. The van der Waals surface area contributed by atoms with Crippen LogP contribution in [0, 0.1) is 11.8 Å². The quantitative estimate of drug-likeness (QED) is 0.723. The van der Waals surface area contributed by atoms with Gasteiger partial charge in [-0.2, -0.15) is 0 Å². The van der Waals surface area contributed by atoms with Crippen molar-refractivity contribution >= 4 is 5.97 Å². The number of hydrogen-bond donors (Lipinski definition) is 1. The lowest BCUT2D eigenvalue weighted by molar-refractivity contribution is -0.142. The highest BCUT2D eigenvalue weighted by Gasteiger charge is 2.33. The van der Waals surface area contributed by atoms with Gasteiger partial charge in [0.05, 0.1) is 0 Å². The number of ether oxygens (including phenoxy) is 1. The van der Waals surface area contributed by atoms with Gasteiger partial charge < -0.3 is 10.5 Å². The van der Waals surface area contributed by atoms with Crippen molar-refractivity contribution in [1.29, 1.82) is 0 Å². The molecule has 84 valence electrons. The number of carbonyl (C=O) groups is 1. The van der Waals surface area contributed by atoms with E-state index in [0.29, 0.717) is 0 Å². The molecule has 2 rings (SSSR count). The third-order valence-corrected chi connectivity index (χ3v) is 3.47. The minimum absolute atomic E-state index is 0.140. The third-order valence-electron chi connectivity index (χ3n) is 3.47. The summed E-state index contributed by atoms with van der Waals surface area (Å²) in [6, 6.07) is -0.489. The maximum atomic E-state index is 11.6. The van der Waals surface area contributed by atoms with Crippen LogP contribution >= 0.6 is 0 Å². The van der Waals surface area contributed by atoms with Gasteiger partial charge in [0, 0.05) is 6.42 Å². The van der Waals surface area contributed by atoms with Crippen LogP contribution < -0.4 is 5.73 Å². The van der Waals surface area contributed by atoms with Crippen molar-refractivity contribution in [2.24, 2.45) is 17.6 Å². The van der Waals surface area contributed by atoms with Gasteiger partial charge in [0.25, 0.3) is 0 Å². The highest BCUT2D eigenvalue weighted by atomic mass is 16.5. The molecule has 0 heterocycles. The van der Waals surface area contributed by atoms with E-state index in [-0.39, 0.29) is 11.9 Å². The van der Waals surface area contributed by atoms with Gasteiger partial charge in [0.1, 0.15) is 11.8 Å². The fourth-order valence-electron chi connectivity index (χ4n) is 2.34. The zero-order valence-electron chi connectivity index (χ0n) is 9.45. The van der Waals surface area contributed by atoms with E-state index in [1.807, 2.05) is 13.8 Å². The molecule has 0 saturated heterocycles. The second-order valence-corrected chi connectivity index (χ2v) is 5.03. The second kappa shape index (κ2) is 3.97. The zero-order chi connectivity index (χ0) is 11.0. The van der Waals surface area contributed by atoms with E-state index in [4.69, 9.17) is 10.5 Å². The molecule has 2 bridgehead atoms. The van der Waals surface area contributed by atoms with Crippen molar-refractivity contribution < 1.29 is 9.53 Å². The second-order valence-electron chi connectivity index (χ2n) is 5.03. The Bertz CT molecular complexity index is 307. The summed E-state index contributed by atoms with van der Waals surface area (Å²) in [5.74, 6) is 1.53. The Kier molecular flexibility index (Phi) is 2.83. The molecule has 1 fully saturated rings. The molecule has 2 aliphatic carbocycles. The lowest BCUT2D eigenvalue weighted by Gasteiger charge is -2.17. The van der Waals surface area contributed by atoms with Crippen LogP contribution in [-0.2, 0) is 9.53 Å². The number of rotatable bonds is 3. The van der Waals surface area contributed by atoms with Crippen LogP contribution in [0.5, 0.6) is 0 Å². The average Bonchev–Trinajstić information content (AvgIpc) is 2.77. The summed E-state index contributed by atoms with van der Waals surface area (Å²) in [4.78, 5) is 11.6. The Morgan fingerprint density at radius 3 is 2.67 bits per heavy atom. The maximum absolute atomic E-state index is 11.6. The summed E-state index contributed by atoms with van der Waals surface area (Å²) in [6.45, 7) is 3.87. The molecule has 3 heteroatoms. The van der Waals surface area contributed by atoms with Crippen molar-refractivity contribution in [3.05, 3.63) is 11.3 Å². The summed E-state index contributed by atoms with van der Waals surface area (Å²) in [7, 11) is 0. The van der Waals surface area contributed by atoms with Crippen molar-refractivity contribution in [2.45, 2.75) is 45.6 Å². The van der Waals surface area contributed by atoms with Crippen LogP contribution in [0.25, 0.3) is 0 Å². The summed E-state index contributed by atoms with van der Waals surface area (Å²) in [5, 5.41) is 0. The van der Waals surface area contributed by atoms with E-state index in [1.165, 1.54) is 12.0 Å². The number of nitrogens with two attached hydrogens (primary N) is 1. The van der Waals surface area contributed by atoms with Gasteiger partial charge >= 0.3 is 5.97 Å². The van der Waals surface area contributed by atoms with Gasteiger partial charge in [-0.25, -0.2) is 4.79 Å². The number of esters is 1. The first-order chi connectivity index (χ1) is 7.08. The molecule has 0 aromatic rings. The maximum Gasteiger partial charge on any atom is 0.328 e. The van der Waals surface area contributed by atoms with Crippen LogP contribution in [-0.4, -0.2) is 12.0 Å². The van der Waals surface area contributed by atoms with E-state index in [0.717, 1.165) is 30.9 Å². The standard InChI is InChI=1S/C12H19NO2/c1-7(2)11(13)12(14)15-10-6-8-3-4-9(10)5-8/h7-8,11H,3-6,13H2,1-2H3/t8?,11-/m0/s1. The van der Waals surface area contributed by atoms with Gasteiger partial charge in [-0.05, 0) is 36.7 Å². The molecular weight excluding hydrogens is 190 g/mol. The molecule has 0 amide bonds. The Hall–Kier alpha value is -0.830. The number of fused-ring (bicyclic) bond motifs is 2. The molecule has 15 heavy (non-hydrogen) atoms.